The fraction of sp³-hybridized carbons (Fsp3) is 0.417. The van der Waals surface area contributed by atoms with Crippen LogP contribution < -0.4 is 11.1 Å². The standard InChI is InChI=1S/C12H14F3N3O3/c13-12(14,15)8-5-4-7(10(16)21)11(18-8)17-6-2-1-3-9(19)20/h4-5H,1-3,6H2,(H2,16,21)(H,17,18)(H,19,20). The Morgan fingerprint density at radius 2 is 1.95 bits per heavy atom. The minimum absolute atomic E-state index is 0.0413. The van der Waals surface area contributed by atoms with Gasteiger partial charge in [-0.1, -0.05) is 0 Å². The maximum absolute atomic E-state index is 12.6. The summed E-state index contributed by atoms with van der Waals surface area (Å²) in [6, 6.07) is 1.63. The number of halogens is 3. The van der Waals surface area contributed by atoms with Gasteiger partial charge in [0.05, 0.1) is 5.56 Å². The van der Waals surface area contributed by atoms with Crippen LogP contribution in [0.15, 0.2) is 12.1 Å². The van der Waals surface area contributed by atoms with Crippen LogP contribution in [0.1, 0.15) is 35.3 Å². The molecule has 116 valence electrons. The Morgan fingerprint density at radius 3 is 2.48 bits per heavy atom. The SMILES string of the molecule is NC(=O)c1ccc(C(F)(F)F)nc1NCCCCC(=O)O. The molecule has 0 aliphatic rings. The van der Waals surface area contributed by atoms with Gasteiger partial charge >= 0.3 is 12.1 Å². The number of aromatic nitrogens is 1. The van der Waals surface area contributed by atoms with Gasteiger partial charge in [0.2, 0.25) is 0 Å². The van der Waals surface area contributed by atoms with Gasteiger partial charge in [0, 0.05) is 13.0 Å². The minimum Gasteiger partial charge on any atom is -0.481 e. The molecule has 1 amide bonds. The lowest BCUT2D eigenvalue weighted by molar-refractivity contribution is -0.141. The smallest absolute Gasteiger partial charge is 0.433 e. The van der Waals surface area contributed by atoms with Crippen molar-refractivity contribution in [2.45, 2.75) is 25.4 Å². The largest absolute Gasteiger partial charge is 0.481 e. The molecule has 21 heavy (non-hydrogen) atoms. The molecular formula is C12H14F3N3O3. The molecule has 0 bridgehead atoms. The third-order valence-corrected chi connectivity index (χ3v) is 2.56. The Bertz CT molecular complexity index is 532. The van der Waals surface area contributed by atoms with Gasteiger partial charge in [0.1, 0.15) is 11.5 Å². The van der Waals surface area contributed by atoms with Gasteiger partial charge in [-0.25, -0.2) is 4.98 Å². The van der Waals surface area contributed by atoms with E-state index in [9.17, 15) is 22.8 Å². The van der Waals surface area contributed by atoms with Gasteiger partial charge in [-0.3, -0.25) is 9.59 Å². The Hall–Kier alpha value is -2.32. The summed E-state index contributed by atoms with van der Waals surface area (Å²) in [5, 5.41) is 11.0. The minimum atomic E-state index is -4.63. The molecule has 1 heterocycles. The molecule has 0 aliphatic heterocycles. The number of aliphatic carboxylic acids is 1. The molecule has 6 nitrogen and oxygen atoms in total. The number of carbonyl (C=O) groups is 2. The quantitative estimate of drug-likeness (QED) is 0.667. The zero-order chi connectivity index (χ0) is 16.0. The van der Waals surface area contributed by atoms with Crippen LogP contribution in [-0.4, -0.2) is 28.5 Å². The molecule has 0 spiro atoms. The van der Waals surface area contributed by atoms with Crippen molar-refractivity contribution < 1.29 is 27.9 Å². The van der Waals surface area contributed by atoms with E-state index in [-0.39, 0.29) is 24.3 Å². The molecular weight excluding hydrogens is 291 g/mol. The van der Waals surface area contributed by atoms with Crippen LogP contribution in [0.3, 0.4) is 0 Å². The van der Waals surface area contributed by atoms with Crippen LogP contribution in [0.5, 0.6) is 0 Å². The molecule has 1 aromatic heterocycles. The lowest BCUT2D eigenvalue weighted by Crippen LogP contribution is -2.18. The van der Waals surface area contributed by atoms with Gasteiger partial charge < -0.3 is 16.2 Å². The molecule has 0 saturated heterocycles. The van der Waals surface area contributed by atoms with Crippen molar-refractivity contribution in [2.24, 2.45) is 5.73 Å². The highest BCUT2D eigenvalue weighted by molar-refractivity contribution is 5.97. The van der Waals surface area contributed by atoms with Crippen molar-refractivity contribution in [3.05, 3.63) is 23.4 Å². The molecule has 4 N–H and O–H groups in total. The van der Waals surface area contributed by atoms with E-state index in [1.807, 2.05) is 0 Å². The Labute approximate surface area is 118 Å². The van der Waals surface area contributed by atoms with E-state index in [0.29, 0.717) is 18.9 Å². The van der Waals surface area contributed by atoms with E-state index in [2.05, 4.69) is 10.3 Å². The molecule has 1 aromatic rings. The zero-order valence-corrected chi connectivity index (χ0v) is 10.9. The van der Waals surface area contributed by atoms with Crippen molar-refractivity contribution in [2.75, 3.05) is 11.9 Å². The number of nitrogens with two attached hydrogens (primary N) is 1. The van der Waals surface area contributed by atoms with Gasteiger partial charge in [-0.2, -0.15) is 13.2 Å². The number of hydrogen-bond donors (Lipinski definition) is 3. The first kappa shape index (κ1) is 16.7. The molecule has 0 atom stereocenters. The van der Waals surface area contributed by atoms with E-state index < -0.39 is 23.7 Å². The molecule has 0 unspecified atom stereocenters. The number of amides is 1. The summed E-state index contributed by atoms with van der Waals surface area (Å²) in [6.07, 6.45) is -3.91. The number of primary amides is 1. The molecule has 0 saturated carbocycles. The predicted molar refractivity (Wildman–Crippen MR) is 67.7 cm³/mol. The van der Waals surface area contributed by atoms with Crippen LogP contribution in [0.25, 0.3) is 0 Å². The summed E-state index contributed by atoms with van der Waals surface area (Å²) in [5.41, 5.74) is 3.78. The number of pyridine rings is 1. The van der Waals surface area contributed by atoms with Gasteiger partial charge in [0.25, 0.3) is 5.91 Å². The van der Waals surface area contributed by atoms with E-state index in [0.717, 1.165) is 6.07 Å². The van der Waals surface area contributed by atoms with Gasteiger partial charge in [-0.05, 0) is 25.0 Å². The number of carbonyl (C=O) groups excluding carboxylic acids is 1. The molecule has 0 radical (unpaired) electrons. The van der Waals surface area contributed by atoms with Crippen molar-refractivity contribution in [3.8, 4) is 0 Å². The summed E-state index contributed by atoms with van der Waals surface area (Å²) >= 11 is 0. The highest BCUT2D eigenvalue weighted by Crippen LogP contribution is 2.29. The van der Waals surface area contributed by atoms with Crippen LogP contribution >= 0.6 is 0 Å². The third-order valence-electron chi connectivity index (χ3n) is 2.56. The molecule has 0 aromatic carbocycles. The van der Waals surface area contributed by atoms with E-state index in [4.69, 9.17) is 10.8 Å². The Morgan fingerprint density at radius 1 is 1.29 bits per heavy atom. The molecule has 0 fully saturated rings. The van der Waals surface area contributed by atoms with Crippen molar-refractivity contribution in [1.82, 2.24) is 4.98 Å². The topological polar surface area (TPSA) is 105 Å². The second kappa shape index (κ2) is 6.91. The van der Waals surface area contributed by atoms with Gasteiger partial charge in [0.15, 0.2) is 0 Å². The summed E-state index contributed by atoms with van der Waals surface area (Å²) in [6.45, 7) is 0.182. The first-order valence-electron chi connectivity index (χ1n) is 6.05. The van der Waals surface area contributed by atoms with Crippen molar-refractivity contribution in [3.63, 3.8) is 0 Å². The highest BCUT2D eigenvalue weighted by atomic mass is 19.4. The monoisotopic (exact) mass is 305 g/mol. The van der Waals surface area contributed by atoms with Crippen LogP contribution in [-0.2, 0) is 11.0 Å². The summed E-state index contributed by atoms with van der Waals surface area (Å²) in [5.74, 6) is -2.11. The summed E-state index contributed by atoms with van der Waals surface area (Å²) < 4.78 is 37.7. The van der Waals surface area contributed by atoms with Crippen LogP contribution in [0, 0.1) is 0 Å². The first-order chi connectivity index (χ1) is 9.71. The lowest BCUT2D eigenvalue weighted by Gasteiger charge is -2.12. The van der Waals surface area contributed by atoms with Crippen LogP contribution in [0.2, 0.25) is 0 Å². The summed E-state index contributed by atoms with van der Waals surface area (Å²) in [7, 11) is 0. The number of nitrogens with zero attached hydrogens (tertiary/aromatic N) is 1. The molecule has 9 heteroatoms. The number of unbranched alkanes of at least 4 members (excludes halogenated alkanes) is 1. The maximum atomic E-state index is 12.6. The van der Waals surface area contributed by atoms with Crippen molar-refractivity contribution >= 4 is 17.7 Å². The Kier molecular flexibility index (Phi) is 5.51. The van der Waals surface area contributed by atoms with Gasteiger partial charge in [-0.15, -0.1) is 0 Å². The van der Waals surface area contributed by atoms with Crippen molar-refractivity contribution in [1.29, 1.82) is 0 Å². The fourth-order valence-electron chi connectivity index (χ4n) is 1.56. The number of anilines is 1. The lowest BCUT2D eigenvalue weighted by atomic mass is 10.2. The van der Waals surface area contributed by atoms with E-state index in [1.54, 1.807) is 0 Å². The number of nitrogens with one attached hydrogen (secondary N) is 1. The average Bonchev–Trinajstić information content (AvgIpc) is 2.36. The van der Waals surface area contributed by atoms with E-state index in [1.165, 1.54) is 0 Å². The van der Waals surface area contributed by atoms with Crippen LogP contribution in [0.4, 0.5) is 19.0 Å². The highest BCUT2D eigenvalue weighted by Gasteiger charge is 2.33. The number of hydrogen-bond acceptors (Lipinski definition) is 4. The number of rotatable bonds is 7. The fourth-order valence-corrected chi connectivity index (χ4v) is 1.56. The Balaban J connectivity index is 2.77. The predicted octanol–water partition coefficient (Wildman–Crippen LogP) is 1.87. The number of carboxylic acids is 1. The first-order valence-corrected chi connectivity index (χ1v) is 6.05. The zero-order valence-electron chi connectivity index (χ0n) is 10.9. The maximum Gasteiger partial charge on any atom is 0.433 e. The third kappa shape index (κ3) is 5.28. The molecule has 0 aliphatic carbocycles. The second-order valence-corrected chi connectivity index (χ2v) is 4.23. The van der Waals surface area contributed by atoms with E-state index >= 15 is 0 Å². The normalized spacial score (nSPS) is 11.2. The average molecular weight is 305 g/mol. The number of alkyl halides is 3. The second-order valence-electron chi connectivity index (χ2n) is 4.23. The summed E-state index contributed by atoms with van der Waals surface area (Å²) in [4.78, 5) is 24.8. The molecule has 1 rings (SSSR count). The number of carboxylic acid groups (broad SMARTS) is 1.